The van der Waals surface area contributed by atoms with Crippen LogP contribution in [0.1, 0.15) is 41.5 Å². The van der Waals surface area contributed by atoms with Gasteiger partial charge in [0.2, 0.25) is 5.84 Å². The number of likely N-dealkylation sites (N-methyl/N-ethyl adjacent to an activating group) is 1. The van der Waals surface area contributed by atoms with Crippen molar-refractivity contribution in [3.05, 3.63) is 0 Å². The van der Waals surface area contributed by atoms with E-state index in [2.05, 4.69) is 18.7 Å². The summed E-state index contributed by atoms with van der Waals surface area (Å²) in [5.41, 5.74) is -1.74. The fourth-order valence-corrected chi connectivity index (χ4v) is 2.78. The summed E-state index contributed by atoms with van der Waals surface area (Å²) in [6, 6.07) is 0. The van der Waals surface area contributed by atoms with E-state index in [9.17, 15) is 9.90 Å². The van der Waals surface area contributed by atoms with Crippen molar-refractivity contribution >= 4 is 11.8 Å². The maximum atomic E-state index is 11.7. The van der Waals surface area contributed by atoms with Crippen molar-refractivity contribution in [1.29, 1.82) is 0 Å². The molecule has 4 heteroatoms. The third-order valence-electron chi connectivity index (χ3n) is 5.62. The summed E-state index contributed by atoms with van der Waals surface area (Å²) in [5, 5.41) is 11.7. The predicted octanol–water partition coefficient (Wildman–Crippen LogP) is 0.306. The second kappa shape index (κ2) is 3.47. The number of amidine groups is 1. The number of rotatable bonds is 1. The predicted molar refractivity (Wildman–Crippen MR) is 65.9 cm³/mol. The van der Waals surface area contributed by atoms with Gasteiger partial charge in [-0.1, -0.05) is 13.8 Å². The molecular formula is C13H24N2O2. The highest BCUT2D eigenvalue weighted by molar-refractivity contribution is 5.82. The van der Waals surface area contributed by atoms with E-state index in [1.807, 2.05) is 39.4 Å². The fourth-order valence-electron chi connectivity index (χ4n) is 2.78. The van der Waals surface area contributed by atoms with Crippen LogP contribution in [-0.4, -0.2) is 46.5 Å². The Balaban J connectivity index is 3.66. The van der Waals surface area contributed by atoms with Gasteiger partial charge in [-0.2, -0.15) is 0 Å². The van der Waals surface area contributed by atoms with Crippen molar-refractivity contribution < 1.29 is 14.5 Å². The average molecular weight is 240 g/mol. The highest BCUT2D eigenvalue weighted by Gasteiger charge is 2.63. The lowest BCUT2D eigenvalue weighted by molar-refractivity contribution is -0.612. The Morgan fingerprint density at radius 1 is 1.24 bits per heavy atom. The van der Waals surface area contributed by atoms with Gasteiger partial charge in [0.1, 0.15) is 5.54 Å². The summed E-state index contributed by atoms with van der Waals surface area (Å²) in [6.07, 6.45) is 0. The molecule has 0 amide bonds. The van der Waals surface area contributed by atoms with E-state index in [0.717, 1.165) is 5.84 Å². The number of aliphatic carboxylic acids is 1. The molecule has 1 aliphatic rings. The molecule has 0 spiro atoms. The lowest BCUT2D eigenvalue weighted by atomic mass is 9.60. The molecular weight excluding hydrogens is 216 g/mol. The highest BCUT2D eigenvalue weighted by atomic mass is 16.4. The van der Waals surface area contributed by atoms with E-state index in [0.29, 0.717) is 0 Å². The van der Waals surface area contributed by atoms with Gasteiger partial charge in [-0.3, -0.25) is 9.48 Å². The van der Waals surface area contributed by atoms with Crippen LogP contribution in [-0.2, 0) is 4.79 Å². The van der Waals surface area contributed by atoms with Gasteiger partial charge in [-0.05, 0) is 20.8 Å². The third kappa shape index (κ3) is 1.36. The van der Waals surface area contributed by atoms with Crippen LogP contribution in [0.3, 0.4) is 0 Å². The van der Waals surface area contributed by atoms with Gasteiger partial charge in [-0.25, -0.2) is 0 Å². The number of hydrogen-bond donors (Lipinski definition) is 0. The SMILES string of the molecule is CC1=[N+](C)C(C)(C(=O)[O-])C(C)(C)C(C)(C)N1C. The van der Waals surface area contributed by atoms with Gasteiger partial charge in [0.05, 0.1) is 25.5 Å². The molecule has 1 heterocycles. The van der Waals surface area contributed by atoms with E-state index in [1.165, 1.54) is 0 Å². The quantitative estimate of drug-likeness (QED) is 0.620. The molecule has 1 rings (SSSR count). The normalized spacial score (nSPS) is 31.6. The number of carboxylic acids is 1. The van der Waals surface area contributed by atoms with Crippen molar-refractivity contribution in [2.24, 2.45) is 5.41 Å². The molecule has 0 saturated carbocycles. The van der Waals surface area contributed by atoms with Gasteiger partial charge in [0.15, 0.2) is 5.54 Å². The van der Waals surface area contributed by atoms with E-state index in [-0.39, 0.29) is 5.54 Å². The Labute approximate surface area is 104 Å². The van der Waals surface area contributed by atoms with Crippen LogP contribution in [0.2, 0.25) is 0 Å². The largest absolute Gasteiger partial charge is 0.545 e. The van der Waals surface area contributed by atoms with Crippen molar-refractivity contribution in [2.75, 3.05) is 14.1 Å². The number of hydrogen-bond acceptors (Lipinski definition) is 3. The molecule has 0 bridgehead atoms. The Hall–Kier alpha value is -1.06. The van der Waals surface area contributed by atoms with Crippen LogP contribution >= 0.6 is 0 Å². The maximum Gasteiger partial charge on any atom is 0.244 e. The van der Waals surface area contributed by atoms with Gasteiger partial charge in [0, 0.05) is 6.92 Å². The van der Waals surface area contributed by atoms with Crippen LogP contribution in [0.4, 0.5) is 0 Å². The zero-order chi connectivity index (χ0) is 13.8. The van der Waals surface area contributed by atoms with E-state index in [4.69, 9.17) is 0 Å². The standard InChI is InChI=1S/C13H24N2O2/c1-9-14(7)12(4,5)11(2,3)13(6,10(16)17)15(9)8/h1-8H3. The van der Waals surface area contributed by atoms with Crippen molar-refractivity contribution in [1.82, 2.24) is 4.90 Å². The summed E-state index contributed by atoms with van der Waals surface area (Å²) >= 11 is 0. The van der Waals surface area contributed by atoms with Gasteiger partial charge < -0.3 is 9.90 Å². The van der Waals surface area contributed by atoms with E-state index >= 15 is 0 Å². The number of carbonyl (C=O) groups excluding carboxylic acids is 1. The summed E-state index contributed by atoms with van der Waals surface area (Å²) in [7, 11) is 3.82. The average Bonchev–Trinajstić information content (AvgIpc) is 2.22. The first kappa shape index (κ1) is 14.0. The number of nitrogens with zero attached hydrogens (tertiary/aromatic N) is 2. The maximum absolute atomic E-state index is 11.7. The lowest BCUT2D eigenvalue weighted by Crippen LogP contribution is -2.75. The molecule has 98 valence electrons. The molecule has 0 radical (unpaired) electrons. The minimum Gasteiger partial charge on any atom is -0.545 e. The first-order valence-electron chi connectivity index (χ1n) is 5.95. The fraction of sp³-hybridized carbons (Fsp3) is 0.846. The van der Waals surface area contributed by atoms with Crippen LogP contribution in [0.15, 0.2) is 0 Å². The third-order valence-corrected chi connectivity index (χ3v) is 5.62. The summed E-state index contributed by atoms with van der Waals surface area (Å²) in [6.45, 7) is 11.8. The van der Waals surface area contributed by atoms with Crippen LogP contribution in [0, 0.1) is 5.41 Å². The highest BCUT2D eigenvalue weighted by Crippen LogP contribution is 2.47. The Kier molecular flexibility index (Phi) is 2.86. The van der Waals surface area contributed by atoms with Crippen molar-refractivity contribution in [2.45, 2.75) is 52.6 Å². The molecule has 1 unspecified atom stereocenters. The molecule has 0 aromatic carbocycles. The zero-order valence-electron chi connectivity index (χ0n) is 12.2. The smallest absolute Gasteiger partial charge is 0.244 e. The van der Waals surface area contributed by atoms with Gasteiger partial charge in [0.25, 0.3) is 0 Å². The molecule has 17 heavy (non-hydrogen) atoms. The molecule has 0 aromatic heterocycles. The van der Waals surface area contributed by atoms with E-state index in [1.54, 1.807) is 6.92 Å². The molecule has 0 saturated heterocycles. The lowest BCUT2D eigenvalue weighted by Gasteiger charge is -2.57. The molecule has 0 fully saturated rings. The zero-order valence-corrected chi connectivity index (χ0v) is 12.2. The number of carbonyl (C=O) groups is 1. The minimum atomic E-state index is -1.02. The van der Waals surface area contributed by atoms with Crippen LogP contribution in [0.25, 0.3) is 0 Å². The summed E-state index contributed by atoms with van der Waals surface area (Å²) in [5.74, 6) is -0.0773. The van der Waals surface area contributed by atoms with Crippen molar-refractivity contribution in [3.8, 4) is 0 Å². The molecule has 4 nitrogen and oxygen atoms in total. The Bertz CT molecular complexity index is 396. The molecule has 1 aliphatic heterocycles. The molecule has 0 aliphatic carbocycles. The summed E-state index contributed by atoms with van der Waals surface area (Å²) in [4.78, 5) is 13.8. The first-order valence-corrected chi connectivity index (χ1v) is 5.95. The molecule has 1 atom stereocenters. The van der Waals surface area contributed by atoms with Crippen molar-refractivity contribution in [3.63, 3.8) is 0 Å². The topological polar surface area (TPSA) is 46.4 Å². The molecule has 0 aromatic rings. The number of carboxylic acid groups (broad SMARTS) is 1. The monoisotopic (exact) mass is 240 g/mol. The second-order valence-corrected chi connectivity index (χ2v) is 6.21. The Morgan fingerprint density at radius 2 is 1.65 bits per heavy atom. The van der Waals surface area contributed by atoms with Gasteiger partial charge >= 0.3 is 0 Å². The first-order chi connectivity index (χ1) is 7.42. The van der Waals surface area contributed by atoms with E-state index < -0.39 is 16.9 Å². The summed E-state index contributed by atoms with van der Waals surface area (Å²) < 4.78 is 1.81. The van der Waals surface area contributed by atoms with Crippen LogP contribution in [0.5, 0.6) is 0 Å². The Morgan fingerprint density at radius 3 is 2.00 bits per heavy atom. The second-order valence-electron chi connectivity index (χ2n) is 6.21. The molecule has 0 N–H and O–H groups in total. The van der Waals surface area contributed by atoms with Crippen LogP contribution < -0.4 is 5.11 Å². The van der Waals surface area contributed by atoms with Gasteiger partial charge in [-0.15, -0.1) is 0 Å². The minimum absolute atomic E-state index is 0.265.